The van der Waals surface area contributed by atoms with E-state index in [1.54, 1.807) is 0 Å². The van der Waals surface area contributed by atoms with E-state index in [1.807, 2.05) is 11.8 Å². The van der Waals surface area contributed by atoms with Crippen molar-refractivity contribution >= 4 is 11.8 Å². The fourth-order valence-electron chi connectivity index (χ4n) is 2.40. The van der Waals surface area contributed by atoms with Gasteiger partial charge in [-0.3, -0.25) is 4.90 Å². The highest BCUT2D eigenvalue weighted by atomic mass is 32.2. The third kappa shape index (κ3) is 4.33. The van der Waals surface area contributed by atoms with Gasteiger partial charge in [-0.15, -0.1) is 0 Å². The van der Waals surface area contributed by atoms with Gasteiger partial charge in [0, 0.05) is 37.5 Å². The molecule has 1 rings (SSSR count). The van der Waals surface area contributed by atoms with Gasteiger partial charge in [-0.25, -0.2) is 0 Å². The molecule has 1 heterocycles. The molecule has 0 amide bonds. The fourth-order valence-corrected chi connectivity index (χ4v) is 3.23. The summed E-state index contributed by atoms with van der Waals surface area (Å²) in [7, 11) is 0. The molecular formula is C12H26N2S. The Labute approximate surface area is 99.2 Å². The quantitative estimate of drug-likeness (QED) is 0.753. The SMILES string of the molecule is CCCC1CN(C(CC)CSC)CCN1. The largest absolute Gasteiger partial charge is 0.311 e. The molecule has 0 bridgehead atoms. The van der Waals surface area contributed by atoms with Crippen LogP contribution >= 0.6 is 11.8 Å². The Morgan fingerprint density at radius 1 is 1.47 bits per heavy atom. The van der Waals surface area contributed by atoms with Crippen LogP contribution in [0.15, 0.2) is 0 Å². The molecule has 2 unspecified atom stereocenters. The predicted octanol–water partition coefficient (Wildman–Crippen LogP) is 2.20. The molecular weight excluding hydrogens is 204 g/mol. The first-order chi connectivity index (χ1) is 7.31. The lowest BCUT2D eigenvalue weighted by Crippen LogP contribution is -2.54. The van der Waals surface area contributed by atoms with Crippen molar-refractivity contribution in [2.45, 2.75) is 45.2 Å². The Hall–Kier alpha value is 0.270. The second kappa shape index (κ2) is 7.53. The molecule has 1 aliphatic heterocycles. The van der Waals surface area contributed by atoms with Crippen LogP contribution in [0.25, 0.3) is 0 Å². The maximum atomic E-state index is 3.62. The van der Waals surface area contributed by atoms with E-state index in [9.17, 15) is 0 Å². The summed E-state index contributed by atoms with van der Waals surface area (Å²) in [6, 6.07) is 1.53. The van der Waals surface area contributed by atoms with Crippen molar-refractivity contribution in [2.24, 2.45) is 0 Å². The van der Waals surface area contributed by atoms with Gasteiger partial charge in [0.25, 0.3) is 0 Å². The summed E-state index contributed by atoms with van der Waals surface area (Å²) in [5.74, 6) is 1.29. The topological polar surface area (TPSA) is 15.3 Å². The van der Waals surface area contributed by atoms with Gasteiger partial charge in [0.05, 0.1) is 0 Å². The number of hydrogen-bond donors (Lipinski definition) is 1. The molecule has 1 N–H and O–H groups in total. The summed E-state index contributed by atoms with van der Waals surface area (Å²) in [5, 5.41) is 3.62. The van der Waals surface area contributed by atoms with E-state index in [-0.39, 0.29) is 0 Å². The zero-order chi connectivity index (χ0) is 11.1. The third-order valence-electron chi connectivity index (χ3n) is 3.27. The van der Waals surface area contributed by atoms with E-state index in [0.717, 1.165) is 12.1 Å². The van der Waals surface area contributed by atoms with Crippen molar-refractivity contribution in [3.63, 3.8) is 0 Å². The van der Waals surface area contributed by atoms with Gasteiger partial charge in [-0.2, -0.15) is 11.8 Å². The Morgan fingerprint density at radius 2 is 2.27 bits per heavy atom. The number of nitrogens with zero attached hydrogens (tertiary/aromatic N) is 1. The first-order valence-corrected chi connectivity index (χ1v) is 7.67. The zero-order valence-electron chi connectivity index (χ0n) is 10.5. The minimum atomic E-state index is 0.736. The molecule has 2 atom stereocenters. The van der Waals surface area contributed by atoms with Gasteiger partial charge < -0.3 is 5.32 Å². The molecule has 0 aromatic heterocycles. The van der Waals surface area contributed by atoms with E-state index in [1.165, 1.54) is 44.6 Å². The number of rotatable bonds is 6. The summed E-state index contributed by atoms with van der Waals surface area (Å²) in [5.41, 5.74) is 0. The average Bonchev–Trinajstić information content (AvgIpc) is 2.27. The average molecular weight is 230 g/mol. The highest BCUT2D eigenvalue weighted by Crippen LogP contribution is 2.14. The van der Waals surface area contributed by atoms with Crippen LogP contribution in [-0.2, 0) is 0 Å². The van der Waals surface area contributed by atoms with Crippen molar-refractivity contribution in [1.82, 2.24) is 10.2 Å². The molecule has 0 radical (unpaired) electrons. The minimum Gasteiger partial charge on any atom is -0.311 e. The molecule has 15 heavy (non-hydrogen) atoms. The van der Waals surface area contributed by atoms with Gasteiger partial charge in [-0.05, 0) is 19.1 Å². The van der Waals surface area contributed by atoms with Gasteiger partial charge in [0.2, 0.25) is 0 Å². The zero-order valence-corrected chi connectivity index (χ0v) is 11.3. The molecule has 1 fully saturated rings. The molecule has 2 nitrogen and oxygen atoms in total. The fraction of sp³-hybridized carbons (Fsp3) is 1.00. The Kier molecular flexibility index (Phi) is 6.69. The third-order valence-corrected chi connectivity index (χ3v) is 3.99. The Balaban J connectivity index is 2.39. The predicted molar refractivity (Wildman–Crippen MR) is 70.7 cm³/mol. The van der Waals surface area contributed by atoms with Crippen molar-refractivity contribution < 1.29 is 0 Å². The van der Waals surface area contributed by atoms with Crippen LogP contribution in [-0.4, -0.2) is 48.6 Å². The lowest BCUT2D eigenvalue weighted by molar-refractivity contribution is 0.148. The van der Waals surface area contributed by atoms with Gasteiger partial charge in [0.15, 0.2) is 0 Å². The molecule has 0 aromatic rings. The van der Waals surface area contributed by atoms with Gasteiger partial charge in [-0.1, -0.05) is 20.3 Å². The van der Waals surface area contributed by atoms with Crippen LogP contribution < -0.4 is 5.32 Å². The lowest BCUT2D eigenvalue weighted by Gasteiger charge is -2.38. The normalized spacial score (nSPS) is 25.4. The highest BCUT2D eigenvalue weighted by molar-refractivity contribution is 7.98. The highest BCUT2D eigenvalue weighted by Gasteiger charge is 2.23. The van der Waals surface area contributed by atoms with Crippen LogP contribution in [0.4, 0.5) is 0 Å². The summed E-state index contributed by atoms with van der Waals surface area (Å²) in [6.07, 6.45) is 6.13. The molecule has 3 heteroatoms. The molecule has 1 saturated heterocycles. The van der Waals surface area contributed by atoms with E-state index in [0.29, 0.717) is 0 Å². The van der Waals surface area contributed by atoms with Crippen LogP contribution in [0.1, 0.15) is 33.1 Å². The lowest BCUT2D eigenvalue weighted by atomic mass is 10.1. The molecule has 0 saturated carbocycles. The Bertz CT molecular complexity index is 162. The number of piperazine rings is 1. The van der Waals surface area contributed by atoms with E-state index >= 15 is 0 Å². The summed E-state index contributed by atoms with van der Waals surface area (Å²) in [4.78, 5) is 2.69. The minimum absolute atomic E-state index is 0.736. The van der Waals surface area contributed by atoms with Crippen LogP contribution in [0, 0.1) is 0 Å². The van der Waals surface area contributed by atoms with Crippen molar-refractivity contribution in [3.8, 4) is 0 Å². The standard InChI is InChI=1S/C12H26N2S/c1-4-6-11-9-14(8-7-13-11)12(5-2)10-15-3/h11-13H,4-10H2,1-3H3. The van der Waals surface area contributed by atoms with Crippen LogP contribution in [0.3, 0.4) is 0 Å². The second-order valence-electron chi connectivity index (χ2n) is 4.45. The van der Waals surface area contributed by atoms with Crippen LogP contribution in [0.5, 0.6) is 0 Å². The van der Waals surface area contributed by atoms with E-state index in [4.69, 9.17) is 0 Å². The van der Waals surface area contributed by atoms with E-state index in [2.05, 4.69) is 30.3 Å². The van der Waals surface area contributed by atoms with Crippen LogP contribution in [0.2, 0.25) is 0 Å². The molecule has 0 aromatic carbocycles. The van der Waals surface area contributed by atoms with Crippen molar-refractivity contribution in [2.75, 3.05) is 31.6 Å². The molecule has 90 valence electrons. The maximum Gasteiger partial charge on any atom is 0.0195 e. The Morgan fingerprint density at radius 3 is 2.87 bits per heavy atom. The number of thioether (sulfide) groups is 1. The number of hydrogen-bond acceptors (Lipinski definition) is 3. The molecule has 0 spiro atoms. The second-order valence-corrected chi connectivity index (χ2v) is 5.36. The summed E-state index contributed by atoms with van der Waals surface area (Å²) in [6.45, 7) is 8.26. The van der Waals surface area contributed by atoms with E-state index < -0.39 is 0 Å². The monoisotopic (exact) mass is 230 g/mol. The molecule has 0 aliphatic carbocycles. The molecule has 1 aliphatic rings. The summed E-state index contributed by atoms with van der Waals surface area (Å²) < 4.78 is 0. The first kappa shape index (κ1) is 13.3. The first-order valence-electron chi connectivity index (χ1n) is 6.28. The number of nitrogens with one attached hydrogen (secondary N) is 1. The smallest absolute Gasteiger partial charge is 0.0195 e. The van der Waals surface area contributed by atoms with Gasteiger partial charge in [0.1, 0.15) is 0 Å². The summed E-state index contributed by atoms with van der Waals surface area (Å²) >= 11 is 1.98. The van der Waals surface area contributed by atoms with Gasteiger partial charge >= 0.3 is 0 Å². The maximum absolute atomic E-state index is 3.62. The van der Waals surface area contributed by atoms with Crippen molar-refractivity contribution in [1.29, 1.82) is 0 Å². The van der Waals surface area contributed by atoms with Crippen molar-refractivity contribution in [3.05, 3.63) is 0 Å².